The van der Waals surface area contributed by atoms with Crippen molar-refractivity contribution >= 4 is 17.1 Å². The Hall–Kier alpha value is -2.30. The van der Waals surface area contributed by atoms with Crippen LogP contribution in [0.2, 0.25) is 0 Å². The molecule has 1 amide bonds. The zero-order valence-electron chi connectivity index (χ0n) is 9.98. The number of ether oxygens (including phenoxy) is 1. The maximum Gasteiger partial charge on any atom is 0.407 e. The average Bonchev–Trinajstić information content (AvgIpc) is 2.79. The Balaban J connectivity index is 1.83. The first-order chi connectivity index (χ1) is 8.79. The van der Waals surface area contributed by atoms with Gasteiger partial charge in [0.1, 0.15) is 12.4 Å². The van der Waals surface area contributed by atoms with Gasteiger partial charge in [-0.15, -0.1) is 0 Å². The summed E-state index contributed by atoms with van der Waals surface area (Å²) in [6, 6.07) is 7.81. The summed E-state index contributed by atoms with van der Waals surface area (Å²) in [7, 11) is 0. The molecule has 2 rings (SSSR count). The molecule has 0 aliphatic carbocycles. The Labute approximate surface area is 105 Å². The zero-order chi connectivity index (χ0) is 12.8. The number of imidazole rings is 1. The van der Waals surface area contributed by atoms with Crippen molar-refractivity contribution in [1.82, 2.24) is 15.3 Å². The fraction of sp³-hybridized carbons (Fsp3) is 0.231. The lowest BCUT2D eigenvalue weighted by molar-refractivity contribution is 0.158. The molecule has 0 saturated heterocycles. The lowest BCUT2D eigenvalue weighted by atomic mass is 10.3. The minimum Gasteiger partial charge on any atom is -0.445 e. The highest BCUT2D eigenvalue weighted by atomic mass is 16.5. The molecular weight excluding hydrogens is 230 g/mol. The molecule has 0 saturated carbocycles. The van der Waals surface area contributed by atoms with E-state index in [1.807, 2.05) is 24.3 Å². The smallest absolute Gasteiger partial charge is 0.407 e. The van der Waals surface area contributed by atoms with Crippen LogP contribution in [-0.4, -0.2) is 29.2 Å². The minimum absolute atomic E-state index is 0.219. The number of carbonyl (C=O) groups is 1. The van der Waals surface area contributed by atoms with Crippen molar-refractivity contribution in [3.05, 3.63) is 42.7 Å². The highest BCUT2D eigenvalue weighted by molar-refractivity contribution is 5.74. The van der Waals surface area contributed by atoms with Gasteiger partial charge in [0.25, 0.3) is 0 Å². The van der Waals surface area contributed by atoms with E-state index in [-0.39, 0.29) is 6.61 Å². The first-order valence-electron chi connectivity index (χ1n) is 5.75. The normalized spacial score (nSPS) is 10.2. The summed E-state index contributed by atoms with van der Waals surface area (Å²) in [5.41, 5.74) is 1.93. The predicted octanol–water partition coefficient (Wildman–Crippen LogP) is 2.02. The number of aromatic amines is 1. The maximum absolute atomic E-state index is 11.2. The van der Waals surface area contributed by atoms with Gasteiger partial charge < -0.3 is 15.0 Å². The Bertz CT molecular complexity index is 515. The molecule has 1 aromatic heterocycles. The summed E-state index contributed by atoms with van der Waals surface area (Å²) in [4.78, 5) is 18.8. The van der Waals surface area contributed by atoms with E-state index in [2.05, 4.69) is 21.9 Å². The fourth-order valence-corrected chi connectivity index (χ4v) is 1.59. The molecule has 5 nitrogen and oxygen atoms in total. The quantitative estimate of drug-likeness (QED) is 0.792. The molecule has 0 spiro atoms. The van der Waals surface area contributed by atoms with Gasteiger partial charge in [-0.2, -0.15) is 0 Å². The van der Waals surface area contributed by atoms with Crippen molar-refractivity contribution < 1.29 is 9.53 Å². The molecule has 0 aliphatic rings. The molecule has 5 heteroatoms. The van der Waals surface area contributed by atoms with Gasteiger partial charge in [-0.1, -0.05) is 24.8 Å². The van der Waals surface area contributed by atoms with Gasteiger partial charge in [-0.05, 0) is 12.1 Å². The van der Waals surface area contributed by atoms with Gasteiger partial charge in [0.05, 0.1) is 11.0 Å². The largest absolute Gasteiger partial charge is 0.445 e. The lowest BCUT2D eigenvalue weighted by Gasteiger charge is -2.03. The summed E-state index contributed by atoms with van der Waals surface area (Å²) in [5.74, 6) is 0.847. The van der Waals surface area contributed by atoms with Gasteiger partial charge in [-0.25, -0.2) is 9.78 Å². The zero-order valence-corrected chi connectivity index (χ0v) is 9.98. The minimum atomic E-state index is -0.439. The number of alkyl carbamates (subject to hydrolysis) is 1. The Morgan fingerprint density at radius 1 is 1.50 bits per heavy atom. The van der Waals surface area contributed by atoms with Crippen LogP contribution in [0.5, 0.6) is 0 Å². The number of aromatic nitrogens is 2. The summed E-state index contributed by atoms with van der Waals surface area (Å²) in [6.45, 7) is 4.17. The standard InChI is InChI=1S/C13H15N3O2/c1-2-9-18-13(17)14-8-7-12-15-10-5-3-4-6-11(10)16-12/h2-6H,1,7-9H2,(H,14,17)(H,15,16). The molecule has 0 aliphatic heterocycles. The van der Waals surface area contributed by atoms with Crippen molar-refractivity contribution in [1.29, 1.82) is 0 Å². The van der Waals surface area contributed by atoms with Crippen LogP contribution < -0.4 is 5.32 Å². The molecule has 0 unspecified atom stereocenters. The topological polar surface area (TPSA) is 67.0 Å². The second-order valence-electron chi connectivity index (χ2n) is 3.76. The van der Waals surface area contributed by atoms with Crippen LogP contribution in [0.3, 0.4) is 0 Å². The van der Waals surface area contributed by atoms with Gasteiger partial charge in [0, 0.05) is 13.0 Å². The molecule has 0 radical (unpaired) electrons. The number of hydrogen-bond donors (Lipinski definition) is 2. The van der Waals surface area contributed by atoms with Crippen LogP contribution in [-0.2, 0) is 11.2 Å². The second-order valence-corrected chi connectivity index (χ2v) is 3.76. The summed E-state index contributed by atoms with van der Waals surface area (Å²) < 4.78 is 4.79. The summed E-state index contributed by atoms with van der Waals surface area (Å²) in [5, 5.41) is 2.64. The third-order valence-corrected chi connectivity index (χ3v) is 2.40. The van der Waals surface area contributed by atoms with Crippen molar-refractivity contribution in [2.24, 2.45) is 0 Å². The van der Waals surface area contributed by atoms with E-state index in [9.17, 15) is 4.79 Å². The van der Waals surface area contributed by atoms with Crippen LogP contribution in [0, 0.1) is 0 Å². The van der Waals surface area contributed by atoms with E-state index in [4.69, 9.17) is 4.74 Å². The summed E-state index contributed by atoms with van der Waals surface area (Å²) in [6.07, 6.45) is 1.72. The number of rotatable bonds is 5. The molecule has 1 heterocycles. The number of para-hydroxylation sites is 2. The number of amides is 1. The van der Waals surface area contributed by atoms with Crippen LogP contribution in [0.15, 0.2) is 36.9 Å². The van der Waals surface area contributed by atoms with Gasteiger partial charge in [0.15, 0.2) is 0 Å². The molecule has 1 aromatic carbocycles. The number of carbonyl (C=O) groups excluding carboxylic acids is 1. The van der Waals surface area contributed by atoms with Crippen molar-refractivity contribution in [2.45, 2.75) is 6.42 Å². The average molecular weight is 245 g/mol. The Morgan fingerprint density at radius 3 is 3.11 bits per heavy atom. The summed E-state index contributed by atoms with van der Waals surface area (Å²) >= 11 is 0. The third kappa shape index (κ3) is 3.10. The van der Waals surface area contributed by atoms with Crippen molar-refractivity contribution in [3.8, 4) is 0 Å². The van der Waals surface area contributed by atoms with Gasteiger partial charge in [-0.3, -0.25) is 0 Å². The number of hydrogen-bond acceptors (Lipinski definition) is 3. The van der Waals surface area contributed by atoms with Crippen molar-refractivity contribution in [2.75, 3.05) is 13.2 Å². The number of nitrogens with one attached hydrogen (secondary N) is 2. The highest BCUT2D eigenvalue weighted by Crippen LogP contribution is 2.10. The Kier molecular flexibility index (Phi) is 3.96. The molecule has 18 heavy (non-hydrogen) atoms. The van der Waals surface area contributed by atoms with Crippen LogP contribution in [0.25, 0.3) is 11.0 Å². The van der Waals surface area contributed by atoms with Crippen LogP contribution in [0.1, 0.15) is 5.82 Å². The number of nitrogens with zero attached hydrogens (tertiary/aromatic N) is 1. The van der Waals surface area contributed by atoms with E-state index in [1.54, 1.807) is 0 Å². The van der Waals surface area contributed by atoms with E-state index >= 15 is 0 Å². The number of fused-ring (bicyclic) bond motifs is 1. The fourth-order valence-electron chi connectivity index (χ4n) is 1.59. The van der Waals surface area contributed by atoms with Gasteiger partial charge in [0.2, 0.25) is 0 Å². The molecule has 0 fully saturated rings. The highest BCUT2D eigenvalue weighted by Gasteiger charge is 2.03. The van der Waals surface area contributed by atoms with E-state index in [0.29, 0.717) is 13.0 Å². The molecular formula is C13H15N3O2. The van der Waals surface area contributed by atoms with E-state index in [1.165, 1.54) is 6.08 Å². The third-order valence-electron chi connectivity index (χ3n) is 2.40. The predicted molar refractivity (Wildman–Crippen MR) is 69.3 cm³/mol. The second kappa shape index (κ2) is 5.86. The van der Waals surface area contributed by atoms with E-state index < -0.39 is 6.09 Å². The molecule has 94 valence electrons. The molecule has 2 aromatic rings. The van der Waals surface area contributed by atoms with Crippen LogP contribution in [0.4, 0.5) is 4.79 Å². The Morgan fingerprint density at radius 2 is 2.33 bits per heavy atom. The SMILES string of the molecule is C=CCOC(=O)NCCc1nc2ccccc2[nH]1. The molecule has 0 atom stereocenters. The monoisotopic (exact) mass is 245 g/mol. The number of benzene rings is 1. The number of H-pyrrole nitrogens is 1. The molecule has 2 N–H and O–H groups in total. The lowest BCUT2D eigenvalue weighted by Crippen LogP contribution is -2.26. The van der Waals surface area contributed by atoms with Crippen molar-refractivity contribution in [3.63, 3.8) is 0 Å². The first kappa shape index (κ1) is 12.2. The maximum atomic E-state index is 11.2. The molecule has 0 bridgehead atoms. The first-order valence-corrected chi connectivity index (χ1v) is 5.75. The van der Waals surface area contributed by atoms with Crippen LogP contribution >= 0.6 is 0 Å². The van der Waals surface area contributed by atoms with Gasteiger partial charge >= 0.3 is 6.09 Å². The van der Waals surface area contributed by atoms with E-state index in [0.717, 1.165) is 16.9 Å².